The van der Waals surface area contributed by atoms with Gasteiger partial charge < -0.3 is 24.3 Å². The predicted octanol–water partition coefficient (Wildman–Crippen LogP) is 4.27. The molecule has 3 rings (SSSR count). The summed E-state index contributed by atoms with van der Waals surface area (Å²) in [5.41, 5.74) is 3.57. The number of hydrogen-bond donors (Lipinski definition) is 2. The lowest BCUT2D eigenvalue weighted by molar-refractivity contribution is -0.123. The van der Waals surface area contributed by atoms with Crippen molar-refractivity contribution in [3.8, 4) is 23.0 Å². The summed E-state index contributed by atoms with van der Waals surface area (Å²) < 4.78 is 22.6. The van der Waals surface area contributed by atoms with E-state index in [9.17, 15) is 9.59 Å². The molecule has 1 aliphatic rings. The number of methoxy groups -OCH3 is 1. The zero-order chi connectivity index (χ0) is 25.4. The third kappa shape index (κ3) is 6.88. The van der Waals surface area contributed by atoms with E-state index in [0.29, 0.717) is 40.7 Å². The molecular weight excluding hydrogens is 518 g/mol. The highest BCUT2D eigenvalue weighted by Gasteiger charge is 2.25. The Labute approximate surface area is 213 Å². The number of ether oxygens (including phenoxy) is 4. The predicted molar refractivity (Wildman–Crippen MR) is 135 cm³/mol. The molecule has 1 atom stereocenters. The molecule has 0 aliphatic carbocycles. The second-order valence-corrected chi connectivity index (χ2v) is 9.09. The summed E-state index contributed by atoms with van der Waals surface area (Å²) >= 11 is 3.50. The third-order valence-corrected chi connectivity index (χ3v) is 5.84. The second-order valence-electron chi connectivity index (χ2n) is 8.23. The molecule has 0 saturated heterocycles. The summed E-state index contributed by atoms with van der Waals surface area (Å²) in [5, 5.41) is 6.83. The Morgan fingerprint density at radius 2 is 1.97 bits per heavy atom. The summed E-state index contributed by atoms with van der Waals surface area (Å²) in [4.78, 5) is 25.5. The molecule has 1 heterocycles. The van der Waals surface area contributed by atoms with Gasteiger partial charge in [0.1, 0.15) is 6.04 Å². The molecule has 0 saturated carbocycles. The number of hydrazone groups is 1. The van der Waals surface area contributed by atoms with Gasteiger partial charge in [0, 0.05) is 5.56 Å². The average molecular weight is 548 g/mol. The van der Waals surface area contributed by atoms with Gasteiger partial charge >= 0.3 is 0 Å². The molecule has 9 nitrogen and oxygen atoms in total. The van der Waals surface area contributed by atoms with Crippen molar-refractivity contribution in [2.45, 2.75) is 39.7 Å². The fourth-order valence-electron chi connectivity index (χ4n) is 3.31. The summed E-state index contributed by atoms with van der Waals surface area (Å²) in [6.45, 7) is 6.48. The monoisotopic (exact) mass is 547 g/mol. The van der Waals surface area contributed by atoms with Crippen molar-refractivity contribution in [1.82, 2.24) is 10.7 Å². The molecule has 188 valence electrons. The first-order chi connectivity index (χ1) is 16.8. The van der Waals surface area contributed by atoms with Gasteiger partial charge in [0.2, 0.25) is 6.79 Å². The van der Waals surface area contributed by atoms with E-state index in [1.165, 1.54) is 6.21 Å². The Morgan fingerprint density at radius 1 is 1.20 bits per heavy atom. The molecule has 1 aliphatic heterocycles. The number of carbonyl (C=O) groups is 2. The van der Waals surface area contributed by atoms with Crippen LogP contribution in [0.2, 0.25) is 0 Å². The van der Waals surface area contributed by atoms with Crippen molar-refractivity contribution >= 4 is 34.0 Å². The quantitative estimate of drug-likeness (QED) is 0.247. The van der Waals surface area contributed by atoms with Crippen LogP contribution < -0.4 is 29.7 Å². The molecule has 35 heavy (non-hydrogen) atoms. The number of halogens is 1. The molecule has 2 aromatic rings. The summed E-state index contributed by atoms with van der Waals surface area (Å²) in [5.74, 6) is 1.25. The molecule has 2 amide bonds. The first-order valence-electron chi connectivity index (χ1n) is 11.4. The van der Waals surface area contributed by atoms with Crippen LogP contribution >= 0.6 is 15.9 Å². The van der Waals surface area contributed by atoms with Crippen LogP contribution in [0.3, 0.4) is 0 Å². The van der Waals surface area contributed by atoms with Crippen molar-refractivity contribution in [2.75, 3.05) is 20.5 Å². The highest BCUT2D eigenvalue weighted by molar-refractivity contribution is 9.10. The van der Waals surface area contributed by atoms with Crippen LogP contribution in [0.25, 0.3) is 0 Å². The molecule has 2 N–H and O–H groups in total. The van der Waals surface area contributed by atoms with Crippen LogP contribution in [-0.2, 0) is 4.79 Å². The van der Waals surface area contributed by atoms with Gasteiger partial charge in [0.25, 0.3) is 11.8 Å². The van der Waals surface area contributed by atoms with E-state index < -0.39 is 17.9 Å². The van der Waals surface area contributed by atoms with Crippen molar-refractivity contribution in [2.24, 2.45) is 11.0 Å². The van der Waals surface area contributed by atoms with E-state index in [0.717, 1.165) is 17.3 Å². The number of rotatable bonds is 11. The largest absolute Gasteiger partial charge is 0.493 e. The molecule has 0 aromatic heterocycles. The van der Waals surface area contributed by atoms with E-state index in [1.54, 1.807) is 31.4 Å². The number of unbranched alkanes of at least 4 members (excludes halogenated alkanes) is 1. The Morgan fingerprint density at radius 3 is 2.69 bits per heavy atom. The Hall–Kier alpha value is -3.27. The first kappa shape index (κ1) is 26.3. The Bertz CT molecular complexity index is 1090. The maximum Gasteiger partial charge on any atom is 0.262 e. The first-order valence-corrected chi connectivity index (χ1v) is 12.2. The van der Waals surface area contributed by atoms with E-state index in [4.69, 9.17) is 18.9 Å². The Kier molecular flexibility index (Phi) is 9.36. The van der Waals surface area contributed by atoms with Gasteiger partial charge in [-0.3, -0.25) is 9.59 Å². The molecule has 0 fully saturated rings. The minimum absolute atomic E-state index is 0.118. The van der Waals surface area contributed by atoms with Crippen LogP contribution in [0.4, 0.5) is 0 Å². The molecular formula is C25H30BrN3O6. The normalized spacial score (nSPS) is 13.1. The van der Waals surface area contributed by atoms with Gasteiger partial charge in [-0.15, -0.1) is 0 Å². The number of amides is 2. The summed E-state index contributed by atoms with van der Waals surface area (Å²) in [7, 11) is 1.56. The summed E-state index contributed by atoms with van der Waals surface area (Å²) in [6.07, 6.45) is 3.46. The number of nitrogens with one attached hydrogen (secondary N) is 2. The van der Waals surface area contributed by atoms with Gasteiger partial charge in [-0.1, -0.05) is 27.2 Å². The van der Waals surface area contributed by atoms with Crippen LogP contribution in [0.15, 0.2) is 39.9 Å². The molecule has 1 unspecified atom stereocenters. The maximum absolute atomic E-state index is 12.8. The maximum atomic E-state index is 12.8. The molecule has 2 aromatic carbocycles. The van der Waals surface area contributed by atoms with Gasteiger partial charge in [-0.2, -0.15) is 5.10 Å². The van der Waals surface area contributed by atoms with E-state index >= 15 is 0 Å². The lowest BCUT2D eigenvalue weighted by atomic mass is 10.0. The third-order valence-electron chi connectivity index (χ3n) is 5.25. The zero-order valence-electron chi connectivity index (χ0n) is 20.2. The van der Waals surface area contributed by atoms with Gasteiger partial charge in [0.15, 0.2) is 23.0 Å². The van der Waals surface area contributed by atoms with Crippen LogP contribution in [0.1, 0.15) is 49.5 Å². The minimum atomic E-state index is -0.791. The number of fused-ring (bicyclic) bond motifs is 1. The second kappa shape index (κ2) is 12.4. The average Bonchev–Trinajstić information content (AvgIpc) is 3.31. The van der Waals surface area contributed by atoms with Crippen molar-refractivity contribution in [1.29, 1.82) is 0 Å². The van der Waals surface area contributed by atoms with Crippen LogP contribution in [0, 0.1) is 5.92 Å². The van der Waals surface area contributed by atoms with Gasteiger partial charge in [-0.05, 0) is 64.2 Å². The topological polar surface area (TPSA) is 107 Å². The Balaban J connectivity index is 1.64. The number of benzene rings is 2. The highest BCUT2D eigenvalue weighted by Crippen LogP contribution is 2.36. The smallest absolute Gasteiger partial charge is 0.262 e. The zero-order valence-corrected chi connectivity index (χ0v) is 21.8. The molecule has 0 spiro atoms. The molecule has 0 bridgehead atoms. The fraction of sp³-hybridized carbons (Fsp3) is 0.400. The standard InChI is InChI=1S/C25H30BrN3O6/c1-5-6-9-33-23-18(26)10-16(11-21(23)32-4)13-27-29-25(31)22(15(2)3)28-24(30)17-7-8-19-20(12-17)35-14-34-19/h7-8,10-13,15,22H,5-6,9,14H2,1-4H3,(H,28,30)(H,29,31). The molecule has 10 heteroatoms. The van der Waals surface area contributed by atoms with Crippen molar-refractivity contribution < 1.29 is 28.5 Å². The van der Waals surface area contributed by atoms with E-state index in [2.05, 4.69) is 38.7 Å². The fourth-order valence-corrected chi connectivity index (χ4v) is 3.88. The van der Waals surface area contributed by atoms with Gasteiger partial charge in [0.05, 0.1) is 24.4 Å². The number of hydrogen-bond acceptors (Lipinski definition) is 7. The number of nitrogens with zero attached hydrogens (tertiary/aromatic N) is 1. The lowest BCUT2D eigenvalue weighted by Crippen LogP contribution is -2.48. The van der Waals surface area contributed by atoms with Crippen molar-refractivity contribution in [3.05, 3.63) is 45.9 Å². The van der Waals surface area contributed by atoms with Crippen LogP contribution in [0.5, 0.6) is 23.0 Å². The van der Waals surface area contributed by atoms with Gasteiger partial charge in [-0.25, -0.2) is 5.43 Å². The van der Waals surface area contributed by atoms with E-state index in [1.807, 2.05) is 19.9 Å². The highest BCUT2D eigenvalue weighted by atomic mass is 79.9. The number of carbonyl (C=O) groups excluding carboxylic acids is 2. The van der Waals surface area contributed by atoms with Crippen molar-refractivity contribution in [3.63, 3.8) is 0 Å². The lowest BCUT2D eigenvalue weighted by Gasteiger charge is -2.20. The minimum Gasteiger partial charge on any atom is -0.493 e. The SMILES string of the molecule is CCCCOc1c(Br)cc(C=NNC(=O)C(NC(=O)c2ccc3c(c2)OCO3)C(C)C)cc1OC. The van der Waals surface area contributed by atoms with E-state index in [-0.39, 0.29) is 12.7 Å². The molecule has 0 radical (unpaired) electrons. The summed E-state index contributed by atoms with van der Waals surface area (Å²) in [6, 6.07) is 7.67. The van der Waals surface area contributed by atoms with Crippen LogP contribution in [-0.4, -0.2) is 44.6 Å².